The van der Waals surface area contributed by atoms with Gasteiger partial charge in [0.15, 0.2) is 0 Å². The van der Waals surface area contributed by atoms with Crippen LogP contribution in [0.5, 0.6) is 0 Å². The lowest BCUT2D eigenvalue weighted by atomic mass is 10.1. The van der Waals surface area contributed by atoms with Crippen LogP contribution in [0, 0.1) is 5.92 Å². The molecule has 0 aliphatic carbocycles. The molecule has 0 saturated heterocycles. The zero-order valence-corrected chi connectivity index (χ0v) is 14.1. The first-order chi connectivity index (χ1) is 8.48. The molecule has 0 amide bonds. The Balaban J connectivity index is 4.60. The molecular formula is C15H32O4. The minimum absolute atomic E-state index is 0.0906. The van der Waals surface area contributed by atoms with Gasteiger partial charge in [-0.25, -0.2) is 9.78 Å². The number of rotatable bonds is 9. The van der Waals surface area contributed by atoms with Crippen LogP contribution in [-0.2, 0) is 19.6 Å². The second kappa shape index (κ2) is 7.02. The maximum Gasteiger partial charge on any atom is 0.233 e. The van der Waals surface area contributed by atoms with Crippen LogP contribution in [0.15, 0.2) is 0 Å². The van der Waals surface area contributed by atoms with E-state index in [1.54, 1.807) is 0 Å². The molecule has 0 aromatic carbocycles. The maximum absolute atomic E-state index is 5.54. The summed E-state index contributed by atoms with van der Waals surface area (Å²) in [6, 6.07) is 0. The lowest BCUT2D eigenvalue weighted by molar-refractivity contribution is -0.547. The first-order valence-electron chi connectivity index (χ1n) is 7.21. The molecule has 0 aromatic heterocycles. The number of hydrogen-bond donors (Lipinski definition) is 0. The van der Waals surface area contributed by atoms with Gasteiger partial charge in [0.2, 0.25) is 5.79 Å². The molecule has 0 aliphatic heterocycles. The standard InChI is InChI=1S/C15H32O4/c1-10-13(5,6)16-18-15(9,12(3)4)19-17-14(7,8)11-2/h12H,10-11H2,1-9H3. The summed E-state index contributed by atoms with van der Waals surface area (Å²) < 4.78 is 0. The summed E-state index contributed by atoms with van der Waals surface area (Å²) in [6.45, 7) is 17.8. The van der Waals surface area contributed by atoms with E-state index in [1.807, 2.05) is 62.3 Å². The van der Waals surface area contributed by atoms with Crippen molar-refractivity contribution in [2.45, 2.75) is 92.1 Å². The van der Waals surface area contributed by atoms with Gasteiger partial charge in [-0.05, 0) is 47.5 Å². The van der Waals surface area contributed by atoms with Gasteiger partial charge in [-0.3, -0.25) is 0 Å². The van der Waals surface area contributed by atoms with Gasteiger partial charge in [0.1, 0.15) is 0 Å². The van der Waals surface area contributed by atoms with Gasteiger partial charge in [-0.15, -0.1) is 0 Å². The minimum Gasteiger partial charge on any atom is -0.228 e. The smallest absolute Gasteiger partial charge is 0.228 e. The highest BCUT2D eigenvalue weighted by Crippen LogP contribution is 2.29. The van der Waals surface area contributed by atoms with Crippen molar-refractivity contribution < 1.29 is 19.6 Å². The summed E-state index contributed by atoms with van der Waals surface area (Å²) in [6.07, 6.45) is 1.70. The highest BCUT2D eigenvalue weighted by Gasteiger charge is 2.37. The van der Waals surface area contributed by atoms with E-state index in [0.717, 1.165) is 12.8 Å². The van der Waals surface area contributed by atoms with E-state index in [9.17, 15) is 0 Å². The zero-order valence-electron chi connectivity index (χ0n) is 14.1. The van der Waals surface area contributed by atoms with Crippen molar-refractivity contribution in [3.8, 4) is 0 Å². The molecule has 0 unspecified atom stereocenters. The highest BCUT2D eigenvalue weighted by molar-refractivity contribution is 4.68. The van der Waals surface area contributed by atoms with Crippen LogP contribution in [0.25, 0.3) is 0 Å². The average molecular weight is 276 g/mol. The normalized spacial score (nSPS) is 14.2. The molecule has 0 radical (unpaired) electrons. The summed E-state index contributed by atoms with van der Waals surface area (Å²) in [4.78, 5) is 22.1. The first kappa shape index (κ1) is 18.8. The Labute approximate surface area is 118 Å². The van der Waals surface area contributed by atoms with Crippen molar-refractivity contribution in [3.05, 3.63) is 0 Å². The van der Waals surface area contributed by atoms with Gasteiger partial charge in [0, 0.05) is 5.92 Å². The van der Waals surface area contributed by atoms with Gasteiger partial charge >= 0.3 is 0 Å². The van der Waals surface area contributed by atoms with Crippen molar-refractivity contribution >= 4 is 0 Å². The van der Waals surface area contributed by atoms with E-state index in [0.29, 0.717) is 0 Å². The SMILES string of the molecule is CCC(C)(C)OOC(C)(OOC(C)(C)CC)C(C)C. The molecule has 0 aliphatic rings. The lowest BCUT2D eigenvalue weighted by Crippen LogP contribution is -2.43. The van der Waals surface area contributed by atoms with E-state index < -0.39 is 5.79 Å². The van der Waals surface area contributed by atoms with Gasteiger partial charge in [0.25, 0.3) is 0 Å². The molecule has 0 atom stereocenters. The van der Waals surface area contributed by atoms with Crippen LogP contribution in [0.2, 0.25) is 0 Å². The molecule has 0 rings (SSSR count). The largest absolute Gasteiger partial charge is 0.233 e. The van der Waals surface area contributed by atoms with Crippen molar-refractivity contribution in [3.63, 3.8) is 0 Å². The fourth-order valence-electron chi connectivity index (χ4n) is 0.715. The van der Waals surface area contributed by atoms with Gasteiger partial charge in [-0.1, -0.05) is 27.7 Å². The van der Waals surface area contributed by atoms with Crippen LogP contribution in [0.4, 0.5) is 0 Å². The second-order valence-electron chi connectivity index (χ2n) is 6.73. The van der Waals surface area contributed by atoms with Crippen LogP contribution in [0.1, 0.15) is 75.2 Å². The Hall–Kier alpha value is -0.160. The molecule has 0 saturated carbocycles. The fourth-order valence-corrected chi connectivity index (χ4v) is 0.715. The molecule has 0 spiro atoms. The molecule has 19 heavy (non-hydrogen) atoms. The van der Waals surface area contributed by atoms with E-state index in [4.69, 9.17) is 19.6 Å². The van der Waals surface area contributed by atoms with Crippen LogP contribution in [-0.4, -0.2) is 17.0 Å². The molecule has 4 nitrogen and oxygen atoms in total. The van der Waals surface area contributed by atoms with E-state index in [-0.39, 0.29) is 17.1 Å². The fraction of sp³-hybridized carbons (Fsp3) is 1.00. The quantitative estimate of drug-likeness (QED) is 0.349. The summed E-state index contributed by atoms with van der Waals surface area (Å²) in [5, 5.41) is 0. The predicted octanol–water partition coefficient (Wildman–Crippen LogP) is 4.63. The Morgan fingerprint density at radius 2 is 1.00 bits per heavy atom. The summed E-state index contributed by atoms with van der Waals surface area (Å²) in [7, 11) is 0. The molecule has 0 fully saturated rings. The zero-order chi connectivity index (χ0) is 15.3. The number of hydrogen-bond acceptors (Lipinski definition) is 4. The topological polar surface area (TPSA) is 36.9 Å². The van der Waals surface area contributed by atoms with Crippen molar-refractivity contribution in [2.24, 2.45) is 5.92 Å². The molecule has 0 N–H and O–H groups in total. The minimum atomic E-state index is -0.932. The van der Waals surface area contributed by atoms with Crippen LogP contribution >= 0.6 is 0 Å². The second-order valence-corrected chi connectivity index (χ2v) is 6.73. The summed E-state index contributed by atoms with van der Waals surface area (Å²) in [5.74, 6) is -0.841. The molecule has 116 valence electrons. The van der Waals surface area contributed by atoms with Crippen molar-refractivity contribution in [2.75, 3.05) is 0 Å². The predicted molar refractivity (Wildman–Crippen MR) is 76.3 cm³/mol. The average Bonchev–Trinajstić information content (AvgIpc) is 2.34. The molecule has 0 heterocycles. The van der Waals surface area contributed by atoms with Crippen LogP contribution in [0.3, 0.4) is 0 Å². The maximum atomic E-state index is 5.54. The van der Waals surface area contributed by atoms with Gasteiger partial charge in [-0.2, -0.15) is 9.78 Å². The lowest BCUT2D eigenvalue weighted by Gasteiger charge is -2.36. The van der Waals surface area contributed by atoms with Crippen molar-refractivity contribution in [1.82, 2.24) is 0 Å². The first-order valence-corrected chi connectivity index (χ1v) is 7.21. The van der Waals surface area contributed by atoms with E-state index in [2.05, 4.69) is 0 Å². The third-order valence-electron chi connectivity index (χ3n) is 3.62. The van der Waals surface area contributed by atoms with E-state index in [1.165, 1.54) is 0 Å². The Morgan fingerprint density at radius 3 is 1.21 bits per heavy atom. The molecule has 0 aromatic rings. The monoisotopic (exact) mass is 276 g/mol. The molecular weight excluding hydrogens is 244 g/mol. The molecule has 0 bridgehead atoms. The van der Waals surface area contributed by atoms with Gasteiger partial charge in [0.05, 0.1) is 11.2 Å². The third-order valence-corrected chi connectivity index (χ3v) is 3.62. The van der Waals surface area contributed by atoms with Crippen molar-refractivity contribution in [1.29, 1.82) is 0 Å². The Kier molecular flexibility index (Phi) is 6.96. The van der Waals surface area contributed by atoms with Crippen LogP contribution < -0.4 is 0 Å². The van der Waals surface area contributed by atoms with Gasteiger partial charge < -0.3 is 0 Å². The third kappa shape index (κ3) is 6.70. The summed E-state index contributed by atoms with van der Waals surface area (Å²) in [5.41, 5.74) is -0.695. The summed E-state index contributed by atoms with van der Waals surface area (Å²) >= 11 is 0. The molecule has 4 heteroatoms. The Bertz CT molecular complexity index is 239. The van der Waals surface area contributed by atoms with E-state index >= 15 is 0 Å². The Morgan fingerprint density at radius 1 is 0.684 bits per heavy atom. The highest BCUT2D eigenvalue weighted by atomic mass is 17.3.